The minimum Gasteiger partial charge on any atom is -0.508 e. The average molecular weight is 222 g/mol. The van der Waals surface area contributed by atoms with Gasteiger partial charge in [0.25, 0.3) is 0 Å². The Bertz CT molecular complexity index is 367. The Balaban J connectivity index is 2.28. The largest absolute Gasteiger partial charge is 0.508 e. The van der Waals surface area contributed by atoms with Crippen molar-refractivity contribution in [3.63, 3.8) is 0 Å². The van der Waals surface area contributed by atoms with Crippen LogP contribution in [-0.2, 0) is 16.0 Å². The number of carboxylic acid groups (broad SMARTS) is 1. The normalized spacial score (nSPS) is 10.0. The first kappa shape index (κ1) is 12.2. The number of aryl methyl sites for hydroxylation is 1. The summed E-state index contributed by atoms with van der Waals surface area (Å²) < 4.78 is 0. The van der Waals surface area contributed by atoms with Gasteiger partial charge in [0.05, 0.1) is 0 Å². The number of ketones is 1. The lowest BCUT2D eigenvalue weighted by Gasteiger charge is -2.00. The molecule has 4 heteroatoms. The monoisotopic (exact) mass is 222 g/mol. The lowest BCUT2D eigenvalue weighted by molar-refractivity contribution is -0.140. The number of benzene rings is 1. The van der Waals surface area contributed by atoms with Crippen LogP contribution in [0, 0.1) is 0 Å². The molecule has 0 aliphatic carbocycles. The fourth-order valence-corrected chi connectivity index (χ4v) is 1.41. The number of carbonyl (C=O) groups is 2. The van der Waals surface area contributed by atoms with Crippen molar-refractivity contribution in [1.29, 1.82) is 0 Å². The zero-order valence-corrected chi connectivity index (χ0v) is 8.85. The van der Waals surface area contributed by atoms with E-state index in [1.54, 1.807) is 24.3 Å². The quantitative estimate of drug-likeness (QED) is 0.719. The maximum atomic E-state index is 11.1. The second-order valence-electron chi connectivity index (χ2n) is 3.63. The van der Waals surface area contributed by atoms with Gasteiger partial charge in [-0.25, -0.2) is 0 Å². The Labute approximate surface area is 93.5 Å². The summed E-state index contributed by atoms with van der Waals surface area (Å²) in [7, 11) is 0. The number of phenols is 1. The number of hydrogen-bond acceptors (Lipinski definition) is 3. The van der Waals surface area contributed by atoms with Gasteiger partial charge in [-0.05, 0) is 30.5 Å². The molecule has 0 amide bonds. The highest BCUT2D eigenvalue weighted by atomic mass is 16.4. The van der Waals surface area contributed by atoms with E-state index in [2.05, 4.69) is 0 Å². The van der Waals surface area contributed by atoms with E-state index in [0.717, 1.165) is 5.56 Å². The molecule has 0 aliphatic rings. The minimum atomic E-state index is -1.07. The Morgan fingerprint density at radius 2 is 1.75 bits per heavy atom. The molecule has 0 aliphatic heterocycles. The van der Waals surface area contributed by atoms with Crippen molar-refractivity contribution in [2.75, 3.05) is 0 Å². The summed E-state index contributed by atoms with van der Waals surface area (Å²) in [6.07, 6.45) is 1.24. The number of aliphatic carboxylic acids is 1. The topological polar surface area (TPSA) is 74.6 Å². The molecule has 86 valence electrons. The molecule has 0 spiro atoms. The van der Waals surface area contributed by atoms with Crippen molar-refractivity contribution in [2.45, 2.75) is 25.7 Å². The number of rotatable bonds is 6. The fourth-order valence-electron chi connectivity index (χ4n) is 1.41. The summed E-state index contributed by atoms with van der Waals surface area (Å²) >= 11 is 0. The molecule has 0 bridgehead atoms. The second-order valence-corrected chi connectivity index (χ2v) is 3.63. The number of carbonyl (C=O) groups excluding carboxylic acids is 1. The molecular weight excluding hydrogens is 208 g/mol. The van der Waals surface area contributed by atoms with E-state index in [0.29, 0.717) is 12.8 Å². The third kappa shape index (κ3) is 4.59. The minimum absolute atomic E-state index is 0.214. The van der Waals surface area contributed by atoms with E-state index >= 15 is 0 Å². The highest BCUT2D eigenvalue weighted by Gasteiger charge is 2.07. The van der Waals surface area contributed by atoms with Crippen LogP contribution in [0.2, 0.25) is 0 Å². The first-order valence-corrected chi connectivity index (χ1v) is 5.09. The summed E-state index contributed by atoms with van der Waals surface area (Å²) in [6, 6.07) is 6.76. The molecule has 0 unspecified atom stereocenters. The molecule has 2 N–H and O–H groups in total. The summed E-state index contributed by atoms with van der Waals surface area (Å²) in [5, 5.41) is 17.4. The Morgan fingerprint density at radius 3 is 2.31 bits per heavy atom. The predicted octanol–water partition coefficient (Wildman–Crippen LogP) is 1.76. The van der Waals surface area contributed by atoms with Crippen molar-refractivity contribution < 1.29 is 19.8 Å². The molecule has 0 radical (unpaired) electrons. The van der Waals surface area contributed by atoms with Gasteiger partial charge in [-0.3, -0.25) is 9.59 Å². The van der Waals surface area contributed by atoms with Gasteiger partial charge in [-0.2, -0.15) is 0 Å². The Kier molecular flexibility index (Phi) is 4.51. The first-order chi connectivity index (χ1) is 7.58. The third-order valence-electron chi connectivity index (χ3n) is 2.21. The molecule has 0 saturated carbocycles. The van der Waals surface area contributed by atoms with Crippen molar-refractivity contribution in [2.24, 2.45) is 0 Å². The number of aromatic hydroxyl groups is 1. The Morgan fingerprint density at radius 1 is 1.12 bits per heavy atom. The van der Waals surface area contributed by atoms with Crippen molar-refractivity contribution in [1.82, 2.24) is 0 Å². The number of carboxylic acids is 1. The highest BCUT2D eigenvalue weighted by molar-refractivity contribution is 5.94. The van der Waals surface area contributed by atoms with E-state index < -0.39 is 12.4 Å². The van der Waals surface area contributed by atoms with Crippen LogP contribution >= 0.6 is 0 Å². The summed E-state index contributed by atoms with van der Waals surface area (Å²) in [4.78, 5) is 21.3. The molecule has 0 fully saturated rings. The van der Waals surface area contributed by atoms with E-state index in [1.807, 2.05) is 0 Å². The first-order valence-electron chi connectivity index (χ1n) is 5.09. The van der Waals surface area contributed by atoms with Crippen LogP contribution in [0.5, 0.6) is 5.75 Å². The molecular formula is C12H14O4. The lowest BCUT2D eigenvalue weighted by Crippen LogP contribution is -2.06. The zero-order chi connectivity index (χ0) is 12.0. The Hall–Kier alpha value is -1.84. The second kappa shape index (κ2) is 5.90. The van der Waals surface area contributed by atoms with Crippen molar-refractivity contribution >= 4 is 11.8 Å². The molecule has 1 rings (SSSR count). The number of Topliss-reactive ketones (excluding diaryl/α,β-unsaturated/α-hetero) is 1. The van der Waals surface area contributed by atoms with Gasteiger partial charge in [0, 0.05) is 6.42 Å². The van der Waals surface area contributed by atoms with Crippen LogP contribution in [0.25, 0.3) is 0 Å². The molecule has 0 atom stereocenters. The van der Waals surface area contributed by atoms with Gasteiger partial charge in [-0.1, -0.05) is 12.1 Å². The molecule has 1 aromatic rings. The SMILES string of the molecule is O=C(O)CC(=O)CCCc1ccc(O)cc1. The maximum Gasteiger partial charge on any atom is 0.310 e. The van der Waals surface area contributed by atoms with Gasteiger partial charge in [-0.15, -0.1) is 0 Å². The summed E-state index contributed by atoms with van der Waals surface area (Å²) in [6.45, 7) is 0. The predicted molar refractivity (Wildman–Crippen MR) is 58.3 cm³/mol. The van der Waals surface area contributed by atoms with Gasteiger partial charge >= 0.3 is 5.97 Å². The van der Waals surface area contributed by atoms with Crippen molar-refractivity contribution in [3.05, 3.63) is 29.8 Å². The van der Waals surface area contributed by atoms with E-state index in [1.165, 1.54) is 0 Å². The van der Waals surface area contributed by atoms with Gasteiger partial charge in [0.2, 0.25) is 0 Å². The highest BCUT2D eigenvalue weighted by Crippen LogP contribution is 2.12. The van der Waals surface area contributed by atoms with E-state index in [-0.39, 0.29) is 18.0 Å². The summed E-state index contributed by atoms with van der Waals surface area (Å²) in [5.41, 5.74) is 1.03. The smallest absolute Gasteiger partial charge is 0.310 e. The molecule has 16 heavy (non-hydrogen) atoms. The van der Waals surface area contributed by atoms with Gasteiger partial charge < -0.3 is 10.2 Å². The standard InChI is InChI=1S/C12H14O4/c13-10-6-4-9(5-7-10)2-1-3-11(14)8-12(15)16/h4-7,13H,1-3,8H2,(H,15,16). The van der Waals surface area contributed by atoms with Gasteiger partial charge in [0.15, 0.2) is 0 Å². The van der Waals surface area contributed by atoms with Crippen molar-refractivity contribution in [3.8, 4) is 5.75 Å². The van der Waals surface area contributed by atoms with Crippen LogP contribution in [-0.4, -0.2) is 22.0 Å². The fraction of sp³-hybridized carbons (Fsp3) is 0.333. The molecule has 0 heterocycles. The van der Waals surface area contributed by atoms with Crippen LogP contribution in [0.3, 0.4) is 0 Å². The lowest BCUT2D eigenvalue weighted by atomic mass is 10.1. The van der Waals surface area contributed by atoms with E-state index in [9.17, 15) is 9.59 Å². The molecule has 4 nitrogen and oxygen atoms in total. The van der Waals surface area contributed by atoms with E-state index in [4.69, 9.17) is 10.2 Å². The van der Waals surface area contributed by atoms with Gasteiger partial charge in [0.1, 0.15) is 18.0 Å². The number of phenolic OH excluding ortho intramolecular Hbond substituents is 1. The molecule has 0 aromatic heterocycles. The van der Waals surface area contributed by atoms with Crippen LogP contribution in [0.1, 0.15) is 24.8 Å². The zero-order valence-electron chi connectivity index (χ0n) is 8.85. The van der Waals surface area contributed by atoms with Crippen LogP contribution in [0.4, 0.5) is 0 Å². The molecule has 0 saturated heterocycles. The average Bonchev–Trinajstić information content (AvgIpc) is 2.20. The molecule has 1 aromatic carbocycles. The summed E-state index contributed by atoms with van der Waals surface area (Å²) in [5.74, 6) is -1.10. The van der Waals surface area contributed by atoms with Crippen LogP contribution < -0.4 is 0 Å². The maximum absolute atomic E-state index is 11.1. The number of hydrogen-bond donors (Lipinski definition) is 2. The van der Waals surface area contributed by atoms with Crippen LogP contribution in [0.15, 0.2) is 24.3 Å². The third-order valence-corrected chi connectivity index (χ3v) is 2.21.